The third-order valence-electron chi connectivity index (χ3n) is 2.64. The summed E-state index contributed by atoms with van der Waals surface area (Å²) in [5.74, 6) is 0.192. The quantitative estimate of drug-likeness (QED) is 0.520. The molecule has 1 aromatic carbocycles. The molecule has 1 unspecified atom stereocenters. The van der Waals surface area contributed by atoms with Crippen LogP contribution in [-0.4, -0.2) is 9.82 Å². The Labute approximate surface area is 119 Å². The number of rotatable bonds is 5. The van der Waals surface area contributed by atoms with Gasteiger partial charge in [0.2, 0.25) is 0 Å². The Bertz CT molecular complexity index is 670. The van der Waals surface area contributed by atoms with Crippen molar-refractivity contribution in [2.24, 2.45) is 0 Å². The van der Waals surface area contributed by atoms with E-state index in [0.29, 0.717) is 12.0 Å². The van der Waals surface area contributed by atoms with Crippen molar-refractivity contribution < 1.29 is 18.9 Å². The number of benzene rings is 1. The lowest BCUT2D eigenvalue weighted by molar-refractivity contribution is -0.384. The van der Waals surface area contributed by atoms with E-state index in [-0.39, 0.29) is 16.1 Å². The SMILES string of the molecule is CCc1cc([N+](=O)[O-])ccc1OP(=O)(O)c1cccs1. The minimum atomic E-state index is -3.95. The van der Waals surface area contributed by atoms with Crippen molar-refractivity contribution in [1.29, 1.82) is 0 Å². The van der Waals surface area contributed by atoms with Crippen LogP contribution >= 0.6 is 18.9 Å². The second-order valence-electron chi connectivity index (χ2n) is 3.97. The third kappa shape index (κ3) is 3.07. The van der Waals surface area contributed by atoms with Crippen molar-refractivity contribution in [1.82, 2.24) is 0 Å². The van der Waals surface area contributed by atoms with Crippen molar-refractivity contribution in [3.63, 3.8) is 0 Å². The van der Waals surface area contributed by atoms with Crippen molar-refractivity contribution in [2.75, 3.05) is 0 Å². The molecule has 2 aromatic rings. The molecule has 0 aliphatic carbocycles. The first kappa shape index (κ1) is 14.7. The van der Waals surface area contributed by atoms with Gasteiger partial charge in [0.15, 0.2) is 0 Å². The van der Waals surface area contributed by atoms with Crippen molar-refractivity contribution in [3.05, 3.63) is 51.4 Å². The molecule has 0 fully saturated rings. The first-order valence-electron chi connectivity index (χ1n) is 5.78. The Morgan fingerprint density at radius 1 is 1.45 bits per heavy atom. The zero-order chi connectivity index (χ0) is 14.8. The van der Waals surface area contributed by atoms with Crippen molar-refractivity contribution in [2.45, 2.75) is 13.3 Å². The summed E-state index contributed by atoms with van der Waals surface area (Å²) in [7, 11) is -3.95. The van der Waals surface area contributed by atoms with Gasteiger partial charge < -0.3 is 9.42 Å². The largest absolute Gasteiger partial charge is 0.421 e. The van der Waals surface area contributed by atoms with Crippen LogP contribution in [0.2, 0.25) is 0 Å². The second-order valence-corrected chi connectivity index (χ2v) is 6.92. The first-order valence-corrected chi connectivity index (χ1v) is 8.23. The monoisotopic (exact) mass is 313 g/mol. The van der Waals surface area contributed by atoms with Crippen LogP contribution in [0.25, 0.3) is 0 Å². The molecule has 0 saturated heterocycles. The van der Waals surface area contributed by atoms with Gasteiger partial charge >= 0.3 is 7.60 Å². The van der Waals surface area contributed by atoms with Crippen molar-refractivity contribution in [3.8, 4) is 5.75 Å². The summed E-state index contributed by atoms with van der Waals surface area (Å²) < 4.78 is 17.6. The number of non-ortho nitro benzene ring substituents is 1. The maximum atomic E-state index is 12.1. The van der Waals surface area contributed by atoms with Gasteiger partial charge in [0, 0.05) is 17.7 Å². The van der Waals surface area contributed by atoms with E-state index in [9.17, 15) is 19.6 Å². The molecule has 1 heterocycles. The third-order valence-corrected chi connectivity index (χ3v) is 5.47. The Morgan fingerprint density at radius 3 is 2.75 bits per heavy atom. The summed E-state index contributed by atoms with van der Waals surface area (Å²) in [4.78, 5) is 20.1. The highest BCUT2D eigenvalue weighted by molar-refractivity contribution is 7.68. The lowest BCUT2D eigenvalue weighted by atomic mass is 10.1. The molecule has 106 valence electrons. The molecular formula is C12H12NO5PS. The summed E-state index contributed by atoms with van der Waals surface area (Å²) in [6.07, 6.45) is 0.460. The molecule has 8 heteroatoms. The summed E-state index contributed by atoms with van der Waals surface area (Å²) in [6.45, 7) is 1.79. The lowest BCUT2D eigenvalue weighted by Gasteiger charge is -2.14. The summed E-state index contributed by atoms with van der Waals surface area (Å²) in [5.41, 5.74) is 0.447. The fraction of sp³-hybridized carbons (Fsp3) is 0.167. The van der Waals surface area contributed by atoms with E-state index in [2.05, 4.69) is 0 Å². The zero-order valence-corrected chi connectivity index (χ0v) is 12.3. The minimum Gasteiger partial charge on any atom is -0.421 e. The first-order chi connectivity index (χ1) is 9.44. The average molecular weight is 313 g/mol. The highest BCUT2D eigenvalue weighted by Gasteiger charge is 2.27. The Hall–Kier alpha value is -1.69. The molecule has 1 aromatic heterocycles. The molecule has 6 nitrogen and oxygen atoms in total. The van der Waals surface area contributed by atoms with E-state index in [1.54, 1.807) is 18.4 Å². The highest BCUT2D eigenvalue weighted by atomic mass is 32.1. The van der Waals surface area contributed by atoms with E-state index in [0.717, 1.165) is 11.3 Å². The van der Waals surface area contributed by atoms with Gasteiger partial charge in [-0.2, -0.15) is 0 Å². The van der Waals surface area contributed by atoms with Gasteiger partial charge in [-0.25, -0.2) is 4.57 Å². The van der Waals surface area contributed by atoms with Gasteiger partial charge in [-0.3, -0.25) is 10.1 Å². The number of thiophene rings is 1. The maximum Gasteiger partial charge on any atom is 0.418 e. The normalized spacial score (nSPS) is 13.7. The van der Waals surface area contributed by atoms with Gasteiger partial charge in [-0.15, -0.1) is 11.3 Å². The molecule has 2 rings (SSSR count). The number of hydrogen-bond acceptors (Lipinski definition) is 5. The van der Waals surface area contributed by atoms with Gasteiger partial charge in [0.05, 0.1) is 4.92 Å². The molecule has 0 spiro atoms. The number of aryl methyl sites for hydroxylation is 1. The Morgan fingerprint density at radius 2 is 2.20 bits per heavy atom. The second kappa shape index (κ2) is 5.75. The molecule has 0 radical (unpaired) electrons. The molecule has 1 atom stereocenters. The maximum absolute atomic E-state index is 12.1. The summed E-state index contributed by atoms with van der Waals surface area (Å²) in [5, 5.41) is 12.4. The topological polar surface area (TPSA) is 89.7 Å². The molecule has 0 aliphatic heterocycles. The molecule has 0 amide bonds. The van der Waals surface area contributed by atoms with Gasteiger partial charge in [0.1, 0.15) is 10.4 Å². The molecule has 0 aliphatic rings. The van der Waals surface area contributed by atoms with Gasteiger partial charge in [-0.05, 0) is 23.9 Å². The van der Waals surface area contributed by atoms with E-state index in [4.69, 9.17) is 4.52 Å². The van der Waals surface area contributed by atoms with Gasteiger partial charge in [0.25, 0.3) is 5.69 Å². The molecular weight excluding hydrogens is 301 g/mol. The van der Waals surface area contributed by atoms with Gasteiger partial charge in [-0.1, -0.05) is 13.0 Å². The Balaban J connectivity index is 2.34. The van der Waals surface area contributed by atoms with Crippen molar-refractivity contribution >= 4 is 29.2 Å². The van der Waals surface area contributed by atoms with Crippen LogP contribution in [0.15, 0.2) is 35.7 Å². The van der Waals surface area contributed by atoms with Crippen LogP contribution in [0.1, 0.15) is 12.5 Å². The van der Waals surface area contributed by atoms with Crippen LogP contribution < -0.4 is 9.14 Å². The van der Waals surface area contributed by atoms with E-state index >= 15 is 0 Å². The van der Waals surface area contributed by atoms with E-state index in [1.165, 1.54) is 24.3 Å². The highest BCUT2D eigenvalue weighted by Crippen LogP contribution is 2.44. The fourth-order valence-corrected chi connectivity index (χ4v) is 3.74. The van der Waals surface area contributed by atoms with Crippen LogP contribution in [0.3, 0.4) is 0 Å². The number of nitrogens with zero attached hydrogens (tertiary/aromatic N) is 1. The van der Waals surface area contributed by atoms with Crippen LogP contribution in [0.5, 0.6) is 5.75 Å². The van der Waals surface area contributed by atoms with Crippen LogP contribution in [0.4, 0.5) is 5.69 Å². The van der Waals surface area contributed by atoms with E-state index in [1.807, 2.05) is 0 Å². The standard InChI is InChI=1S/C12H12NO5PS/c1-2-9-8-10(13(14)15)5-6-11(9)18-19(16,17)12-4-3-7-20-12/h3-8H,2H2,1H3,(H,16,17). The predicted molar refractivity (Wildman–Crippen MR) is 76.9 cm³/mol. The zero-order valence-electron chi connectivity index (χ0n) is 10.6. The molecule has 0 saturated carbocycles. The fourth-order valence-electron chi connectivity index (χ4n) is 1.65. The molecule has 20 heavy (non-hydrogen) atoms. The smallest absolute Gasteiger partial charge is 0.418 e. The minimum absolute atomic E-state index is 0.0712. The molecule has 1 N–H and O–H groups in total. The number of hydrogen-bond donors (Lipinski definition) is 1. The lowest BCUT2D eigenvalue weighted by Crippen LogP contribution is -2.06. The number of nitro benzene ring substituents is 1. The molecule has 0 bridgehead atoms. The summed E-state index contributed by atoms with van der Waals surface area (Å²) in [6, 6.07) is 7.13. The predicted octanol–water partition coefficient (Wildman–Crippen LogP) is 3.11. The van der Waals surface area contributed by atoms with Crippen LogP contribution in [0, 0.1) is 10.1 Å². The number of nitro groups is 1. The summed E-state index contributed by atoms with van der Waals surface area (Å²) >= 11 is 1.12. The Kier molecular flexibility index (Phi) is 4.23. The van der Waals surface area contributed by atoms with E-state index < -0.39 is 12.5 Å². The van der Waals surface area contributed by atoms with Crippen LogP contribution in [-0.2, 0) is 11.0 Å². The average Bonchev–Trinajstić information content (AvgIpc) is 2.93.